The van der Waals surface area contributed by atoms with Crippen molar-refractivity contribution in [3.05, 3.63) is 34.3 Å². The molecule has 0 saturated heterocycles. The Morgan fingerprint density at radius 3 is 2.37 bits per heavy atom. The Labute approximate surface area is 115 Å². The molecule has 0 radical (unpaired) electrons. The number of aliphatic hydroxyl groups excluding tert-OH is 1. The van der Waals surface area contributed by atoms with Gasteiger partial charge in [0.25, 0.3) is 0 Å². The first-order chi connectivity index (χ1) is 9.28. The smallest absolute Gasteiger partial charge is 0.203 e. The molecular formula is C13H15NO4S. The van der Waals surface area contributed by atoms with Gasteiger partial charge in [-0.05, 0) is 17.7 Å². The van der Waals surface area contributed by atoms with Gasteiger partial charge in [0.05, 0.1) is 20.8 Å². The lowest BCUT2D eigenvalue weighted by atomic mass is 10.2. The fraction of sp³-hybridized carbons (Fsp3) is 0.308. The minimum atomic E-state index is -0.0838. The highest BCUT2D eigenvalue weighted by Crippen LogP contribution is 2.39. The summed E-state index contributed by atoms with van der Waals surface area (Å²) >= 11 is 1.52. The lowest BCUT2D eigenvalue weighted by Gasteiger charge is -2.15. The molecule has 1 N–H and O–H groups in total. The lowest BCUT2D eigenvalue weighted by Crippen LogP contribution is -2.01. The Balaban J connectivity index is 2.26. The van der Waals surface area contributed by atoms with Gasteiger partial charge in [0.1, 0.15) is 11.6 Å². The summed E-state index contributed by atoms with van der Waals surface area (Å²) in [4.78, 5) is 4.15. The number of hydrogen-bond acceptors (Lipinski definition) is 6. The fourth-order valence-electron chi connectivity index (χ4n) is 1.63. The molecule has 1 aromatic heterocycles. The Morgan fingerprint density at radius 2 is 1.89 bits per heavy atom. The van der Waals surface area contributed by atoms with Gasteiger partial charge < -0.3 is 19.3 Å². The predicted octanol–water partition coefficient (Wildman–Crippen LogP) is 2.23. The molecular weight excluding hydrogens is 266 g/mol. The number of aliphatic hydroxyl groups is 1. The van der Waals surface area contributed by atoms with Crippen LogP contribution in [0.25, 0.3) is 0 Å². The maximum atomic E-state index is 9.19. The number of nitrogens with zero attached hydrogens (tertiary/aromatic N) is 1. The Kier molecular flexibility index (Phi) is 4.59. The summed E-state index contributed by atoms with van der Waals surface area (Å²) in [6, 6.07) is 3.44. The zero-order valence-corrected chi connectivity index (χ0v) is 11.6. The van der Waals surface area contributed by atoms with Crippen molar-refractivity contribution in [1.29, 1.82) is 0 Å². The number of ether oxygens (including phenoxy) is 3. The average Bonchev–Trinajstić information content (AvgIpc) is 2.97. The summed E-state index contributed by atoms with van der Waals surface area (Å²) in [7, 11) is 3.10. The van der Waals surface area contributed by atoms with E-state index in [0.29, 0.717) is 29.4 Å². The van der Waals surface area contributed by atoms with E-state index in [9.17, 15) is 5.11 Å². The van der Waals surface area contributed by atoms with Gasteiger partial charge in [0, 0.05) is 11.6 Å². The molecule has 0 amide bonds. The number of aromatic nitrogens is 1. The van der Waals surface area contributed by atoms with E-state index in [4.69, 9.17) is 14.2 Å². The number of methoxy groups -OCH3 is 2. The summed E-state index contributed by atoms with van der Waals surface area (Å²) in [5, 5.41) is 11.9. The predicted molar refractivity (Wildman–Crippen MR) is 71.9 cm³/mol. The molecule has 1 heterocycles. The highest BCUT2D eigenvalue weighted by molar-refractivity contribution is 7.09. The Hall–Kier alpha value is -1.79. The molecule has 19 heavy (non-hydrogen) atoms. The van der Waals surface area contributed by atoms with Crippen LogP contribution in [0, 0.1) is 0 Å². The number of benzene rings is 1. The quantitative estimate of drug-likeness (QED) is 0.880. The Bertz CT molecular complexity index is 502. The molecule has 0 unspecified atom stereocenters. The maximum absolute atomic E-state index is 9.19. The molecule has 1 aromatic carbocycles. The standard InChI is InChI=1S/C13H15NO4S/c1-16-10-5-9(7-15)6-11(17-2)13(10)18-8-12-14-3-4-19-12/h3-6,15H,7-8H2,1-2H3. The summed E-state index contributed by atoms with van der Waals surface area (Å²) in [5.74, 6) is 1.57. The average molecular weight is 281 g/mol. The van der Waals surface area contributed by atoms with Gasteiger partial charge in [-0.1, -0.05) is 0 Å². The summed E-state index contributed by atoms with van der Waals surface area (Å²) in [5.41, 5.74) is 0.704. The third-order valence-corrected chi connectivity index (χ3v) is 3.28. The number of rotatable bonds is 6. The molecule has 0 spiro atoms. The largest absolute Gasteiger partial charge is 0.493 e. The second-order valence-electron chi connectivity index (χ2n) is 3.70. The first-order valence-corrected chi connectivity index (χ1v) is 6.53. The van der Waals surface area contributed by atoms with E-state index in [1.165, 1.54) is 11.3 Å². The second-order valence-corrected chi connectivity index (χ2v) is 4.68. The van der Waals surface area contributed by atoms with E-state index in [1.807, 2.05) is 5.38 Å². The molecule has 0 bridgehead atoms. The van der Waals surface area contributed by atoms with Gasteiger partial charge >= 0.3 is 0 Å². The molecule has 2 rings (SSSR count). The van der Waals surface area contributed by atoms with Crippen LogP contribution in [0.15, 0.2) is 23.7 Å². The van der Waals surface area contributed by atoms with E-state index in [1.54, 1.807) is 32.5 Å². The molecule has 0 aliphatic rings. The van der Waals surface area contributed by atoms with Crippen molar-refractivity contribution in [2.24, 2.45) is 0 Å². The zero-order valence-electron chi connectivity index (χ0n) is 10.8. The molecule has 2 aromatic rings. The van der Waals surface area contributed by atoms with Gasteiger partial charge in [-0.25, -0.2) is 4.98 Å². The fourth-order valence-corrected chi connectivity index (χ4v) is 2.15. The van der Waals surface area contributed by atoms with E-state index < -0.39 is 0 Å². The van der Waals surface area contributed by atoms with E-state index in [2.05, 4.69) is 4.98 Å². The van der Waals surface area contributed by atoms with Gasteiger partial charge in [0.15, 0.2) is 11.5 Å². The van der Waals surface area contributed by atoms with E-state index in [0.717, 1.165) is 5.01 Å². The maximum Gasteiger partial charge on any atom is 0.203 e. The lowest BCUT2D eigenvalue weighted by molar-refractivity contribution is 0.260. The molecule has 0 saturated carbocycles. The normalized spacial score (nSPS) is 10.3. The van der Waals surface area contributed by atoms with Crippen LogP contribution in [-0.2, 0) is 13.2 Å². The van der Waals surface area contributed by atoms with Gasteiger partial charge in [-0.3, -0.25) is 0 Å². The summed E-state index contributed by atoms with van der Waals surface area (Å²) in [6.45, 7) is 0.266. The van der Waals surface area contributed by atoms with Gasteiger partial charge in [-0.15, -0.1) is 11.3 Å². The molecule has 0 aliphatic carbocycles. The van der Waals surface area contributed by atoms with Crippen LogP contribution in [0.1, 0.15) is 10.6 Å². The third-order valence-electron chi connectivity index (χ3n) is 2.53. The second kappa shape index (κ2) is 6.40. The van der Waals surface area contributed by atoms with Gasteiger partial charge in [0.2, 0.25) is 5.75 Å². The van der Waals surface area contributed by atoms with Crippen LogP contribution >= 0.6 is 11.3 Å². The van der Waals surface area contributed by atoms with E-state index >= 15 is 0 Å². The summed E-state index contributed by atoms with van der Waals surface area (Å²) < 4.78 is 16.2. The van der Waals surface area contributed by atoms with Crippen LogP contribution in [0.5, 0.6) is 17.2 Å². The van der Waals surface area contributed by atoms with Crippen LogP contribution in [0.3, 0.4) is 0 Å². The highest BCUT2D eigenvalue weighted by Gasteiger charge is 2.14. The molecule has 6 heteroatoms. The number of hydrogen-bond donors (Lipinski definition) is 1. The molecule has 5 nitrogen and oxygen atoms in total. The third kappa shape index (κ3) is 3.15. The first-order valence-electron chi connectivity index (χ1n) is 5.65. The van der Waals surface area contributed by atoms with Crippen LogP contribution in [-0.4, -0.2) is 24.3 Å². The van der Waals surface area contributed by atoms with Gasteiger partial charge in [-0.2, -0.15) is 0 Å². The number of thiazole rings is 1. The van der Waals surface area contributed by atoms with E-state index in [-0.39, 0.29) is 6.61 Å². The molecule has 0 aliphatic heterocycles. The van der Waals surface area contributed by atoms with Crippen molar-refractivity contribution >= 4 is 11.3 Å². The van der Waals surface area contributed by atoms with Crippen molar-refractivity contribution < 1.29 is 19.3 Å². The van der Waals surface area contributed by atoms with Crippen molar-refractivity contribution in [1.82, 2.24) is 4.98 Å². The molecule has 102 valence electrons. The van der Waals surface area contributed by atoms with Crippen LogP contribution in [0.2, 0.25) is 0 Å². The molecule has 0 atom stereocenters. The topological polar surface area (TPSA) is 60.8 Å². The summed E-state index contributed by atoms with van der Waals surface area (Å²) in [6.07, 6.45) is 1.73. The Morgan fingerprint density at radius 1 is 1.21 bits per heavy atom. The van der Waals surface area contributed by atoms with Crippen molar-refractivity contribution in [2.45, 2.75) is 13.2 Å². The SMILES string of the molecule is COc1cc(CO)cc(OC)c1OCc1nccs1. The minimum absolute atomic E-state index is 0.0838. The van der Waals surface area contributed by atoms with Crippen molar-refractivity contribution in [2.75, 3.05) is 14.2 Å². The van der Waals surface area contributed by atoms with Crippen LogP contribution in [0.4, 0.5) is 0 Å². The zero-order chi connectivity index (χ0) is 13.7. The monoisotopic (exact) mass is 281 g/mol. The molecule has 0 fully saturated rings. The van der Waals surface area contributed by atoms with Crippen molar-refractivity contribution in [3.8, 4) is 17.2 Å². The first kappa shape index (κ1) is 13.6. The highest BCUT2D eigenvalue weighted by atomic mass is 32.1. The van der Waals surface area contributed by atoms with Crippen molar-refractivity contribution in [3.63, 3.8) is 0 Å². The van der Waals surface area contributed by atoms with Crippen LogP contribution < -0.4 is 14.2 Å². The minimum Gasteiger partial charge on any atom is -0.493 e.